The van der Waals surface area contributed by atoms with Crippen LogP contribution < -0.4 is 9.80 Å². The predicted octanol–water partition coefficient (Wildman–Crippen LogP) is 3.47. The SMILES string of the molecule is CN(C(=O)c1cc([N+](=O)[O-])ccc1N1CCCC1)c1ccccc1. The Morgan fingerprint density at radius 2 is 1.79 bits per heavy atom. The van der Waals surface area contributed by atoms with Gasteiger partial charge in [-0.3, -0.25) is 14.9 Å². The molecule has 0 aliphatic carbocycles. The lowest BCUT2D eigenvalue weighted by Crippen LogP contribution is -2.29. The molecule has 3 rings (SSSR count). The number of amides is 1. The molecule has 2 aromatic carbocycles. The molecule has 2 aromatic rings. The van der Waals surface area contributed by atoms with Gasteiger partial charge in [-0.15, -0.1) is 0 Å². The average Bonchev–Trinajstić information content (AvgIpc) is 3.15. The molecular formula is C18H19N3O3. The molecule has 0 unspecified atom stereocenters. The first-order valence-corrected chi connectivity index (χ1v) is 7.94. The summed E-state index contributed by atoms with van der Waals surface area (Å²) in [7, 11) is 1.68. The lowest BCUT2D eigenvalue weighted by molar-refractivity contribution is -0.384. The van der Waals surface area contributed by atoms with Crippen LogP contribution in [0.1, 0.15) is 23.2 Å². The van der Waals surface area contributed by atoms with Crippen molar-refractivity contribution in [3.05, 3.63) is 64.2 Å². The Hall–Kier alpha value is -2.89. The third-order valence-electron chi connectivity index (χ3n) is 4.32. The summed E-state index contributed by atoms with van der Waals surface area (Å²) in [6, 6.07) is 13.8. The summed E-state index contributed by atoms with van der Waals surface area (Å²) in [5, 5.41) is 11.1. The normalized spacial score (nSPS) is 13.8. The van der Waals surface area contributed by atoms with E-state index >= 15 is 0 Å². The van der Waals surface area contributed by atoms with Crippen molar-refractivity contribution in [2.24, 2.45) is 0 Å². The minimum Gasteiger partial charge on any atom is -0.371 e. The van der Waals surface area contributed by atoms with Crippen LogP contribution >= 0.6 is 0 Å². The van der Waals surface area contributed by atoms with Crippen molar-refractivity contribution in [3.8, 4) is 0 Å². The maximum absolute atomic E-state index is 13.0. The lowest BCUT2D eigenvalue weighted by atomic mass is 10.1. The van der Waals surface area contributed by atoms with Crippen LogP contribution in [0.3, 0.4) is 0 Å². The highest BCUT2D eigenvalue weighted by Gasteiger charge is 2.24. The number of benzene rings is 2. The van der Waals surface area contributed by atoms with E-state index in [-0.39, 0.29) is 11.6 Å². The summed E-state index contributed by atoms with van der Waals surface area (Å²) in [5.74, 6) is -0.244. The fourth-order valence-corrected chi connectivity index (χ4v) is 2.99. The number of nitrogens with zero attached hydrogens (tertiary/aromatic N) is 3. The van der Waals surface area contributed by atoms with E-state index in [2.05, 4.69) is 4.90 Å². The number of carbonyl (C=O) groups excluding carboxylic acids is 1. The number of nitro groups is 1. The van der Waals surface area contributed by atoms with Gasteiger partial charge >= 0.3 is 0 Å². The number of hydrogen-bond acceptors (Lipinski definition) is 4. The van der Waals surface area contributed by atoms with E-state index in [0.29, 0.717) is 5.56 Å². The molecule has 1 saturated heterocycles. The molecule has 1 aliphatic heterocycles. The molecular weight excluding hydrogens is 306 g/mol. The molecule has 124 valence electrons. The summed E-state index contributed by atoms with van der Waals surface area (Å²) in [6.45, 7) is 1.74. The topological polar surface area (TPSA) is 66.7 Å². The molecule has 1 amide bonds. The van der Waals surface area contributed by atoms with E-state index in [4.69, 9.17) is 0 Å². The van der Waals surface area contributed by atoms with E-state index in [1.807, 2.05) is 30.3 Å². The van der Waals surface area contributed by atoms with E-state index in [1.165, 1.54) is 17.0 Å². The van der Waals surface area contributed by atoms with Gasteiger partial charge in [0.05, 0.1) is 16.2 Å². The van der Waals surface area contributed by atoms with Crippen LogP contribution in [0.2, 0.25) is 0 Å². The van der Waals surface area contributed by atoms with E-state index < -0.39 is 4.92 Å². The third-order valence-corrected chi connectivity index (χ3v) is 4.32. The van der Waals surface area contributed by atoms with Gasteiger partial charge in [-0.2, -0.15) is 0 Å². The molecule has 0 spiro atoms. The molecule has 1 fully saturated rings. The quantitative estimate of drug-likeness (QED) is 0.637. The first kappa shape index (κ1) is 16.0. The van der Waals surface area contributed by atoms with Gasteiger partial charge in [0, 0.05) is 38.0 Å². The van der Waals surface area contributed by atoms with Crippen LogP contribution in [0, 0.1) is 10.1 Å². The second-order valence-corrected chi connectivity index (χ2v) is 5.85. The number of para-hydroxylation sites is 1. The number of hydrogen-bond donors (Lipinski definition) is 0. The largest absolute Gasteiger partial charge is 0.371 e. The van der Waals surface area contributed by atoms with E-state index in [9.17, 15) is 14.9 Å². The predicted molar refractivity (Wildman–Crippen MR) is 93.7 cm³/mol. The van der Waals surface area contributed by atoms with Gasteiger partial charge in [0.2, 0.25) is 0 Å². The van der Waals surface area contributed by atoms with Crippen molar-refractivity contribution in [2.75, 3.05) is 29.9 Å². The van der Waals surface area contributed by atoms with Crippen molar-refractivity contribution in [1.82, 2.24) is 0 Å². The van der Waals surface area contributed by atoms with Crippen molar-refractivity contribution in [3.63, 3.8) is 0 Å². The van der Waals surface area contributed by atoms with Crippen LogP contribution in [0.25, 0.3) is 0 Å². The molecule has 0 saturated carbocycles. The van der Waals surface area contributed by atoms with Gasteiger partial charge in [-0.25, -0.2) is 0 Å². The Kier molecular flexibility index (Phi) is 4.46. The highest BCUT2D eigenvalue weighted by molar-refractivity contribution is 6.09. The molecule has 1 heterocycles. The molecule has 0 aromatic heterocycles. The number of rotatable bonds is 4. The van der Waals surface area contributed by atoms with Gasteiger partial charge in [0.25, 0.3) is 11.6 Å². The zero-order valence-corrected chi connectivity index (χ0v) is 13.5. The maximum Gasteiger partial charge on any atom is 0.270 e. The molecule has 0 atom stereocenters. The van der Waals surface area contributed by atoms with E-state index in [0.717, 1.165) is 37.3 Å². The maximum atomic E-state index is 13.0. The van der Waals surface area contributed by atoms with Crippen LogP contribution in [0.5, 0.6) is 0 Å². The number of non-ortho nitro benzene ring substituents is 1. The third kappa shape index (κ3) is 3.08. The first-order valence-electron chi connectivity index (χ1n) is 7.94. The number of nitro benzene ring substituents is 1. The Morgan fingerprint density at radius 1 is 1.12 bits per heavy atom. The van der Waals surface area contributed by atoms with Crippen molar-refractivity contribution in [2.45, 2.75) is 12.8 Å². The highest BCUT2D eigenvalue weighted by atomic mass is 16.6. The molecule has 6 heteroatoms. The summed E-state index contributed by atoms with van der Waals surface area (Å²) in [5.41, 5.74) is 1.83. The molecule has 1 aliphatic rings. The van der Waals surface area contributed by atoms with Crippen LogP contribution in [-0.4, -0.2) is 31.0 Å². The van der Waals surface area contributed by atoms with Crippen molar-refractivity contribution < 1.29 is 9.72 Å². The Bertz CT molecular complexity index is 755. The summed E-state index contributed by atoms with van der Waals surface area (Å²) in [6.07, 6.45) is 2.14. The van der Waals surface area contributed by atoms with Gasteiger partial charge in [-0.05, 0) is 31.0 Å². The Labute approximate surface area is 140 Å². The summed E-state index contributed by atoms with van der Waals surface area (Å²) >= 11 is 0. The van der Waals surface area contributed by atoms with Gasteiger partial charge < -0.3 is 9.80 Å². The summed E-state index contributed by atoms with van der Waals surface area (Å²) in [4.78, 5) is 27.3. The Morgan fingerprint density at radius 3 is 2.42 bits per heavy atom. The zero-order chi connectivity index (χ0) is 17.1. The first-order chi connectivity index (χ1) is 11.6. The molecule has 0 N–H and O–H groups in total. The number of carbonyl (C=O) groups is 1. The second-order valence-electron chi connectivity index (χ2n) is 5.85. The van der Waals surface area contributed by atoms with Crippen LogP contribution in [-0.2, 0) is 0 Å². The monoisotopic (exact) mass is 325 g/mol. The fraction of sp³-hybridized carbons (Fsp3) is 0.278. The number of anilines is 2. The van der Waals surface area contributed by atoms with Gasteiger partial charge in [-0.1, -0.05) is 18.2 Å². The van der Waals surface area contributed by atoms with Crippen LogP contribution in [0.4, 0.5) is 17.1 Å². The smallest absolute Gasteiger partial charge is 0.270 e. The highest BCUT2D eigenvalue weighted by Crippen LogP contribution is 2.30. The molecule has 0 bridgehead atoms. The average molecular weight is 325 g/mol. The standard InChI is InChI=1S/C18H19N3O3/c1-19(14-7-3-2-4-8-14)18(22)16-13-15(21(23)24)9-10-17(16)20-11-5-6-12-20/h2-4,7-10,13H,5-6,11-12H2,1H3. The second kappa shape index (κ2) is 6.70. The minimum atomic E-state index is -0.465. The molecule has 24 heavy (non-hydrogen) atoms. The molecule has 6 nitrogen and oxygen atoms in total. The Balaban J connectivity index is 2.01. The van der Waals surface area contributed by atoms with Crippen LogP contribution in [0.15, 0.2) is 48.5 Å². The van der Waals surface area contributed by atoms with Gasteiger partial charge in [0.15, 0.2) is 0 Å². The minimum absolute atomic E-state index is 0.0669. The summed E-state index contributed by atoms with van der Waals surface area (Å²) < 4.78 is 0. The molecule has 0 radical (unpaired) electrons. The van der Waals surface area contributed by atoms with E-state index in [1.54, 1.807) is 13.1 Å². The fourth-order valence-electron chi connectivity index (χ4n) is 2.99. The zero-order valence-electron chi connectivity index (χ0n) is 13.5. The van der Waals surface area contributed by atoms with Crippen molar-refractivity contribution in [1.29, 1.82) is 0 Å². The van der Waals surface area contributed by atoms with Crippen molar-refractivity contribution >= 4 is 23.0 Å². The van der Waals surface area contributed by atoms with Gasteiger partial charge in [0.1, 0.15) is 0 Å². The lowest BCUT2D eigenvalue weighted by Gasteiger charge is -2.24.